The number of aryl methyl sites for hydroxylation is 1. The van der Waals surface area contributed by atoms with E-state index in [1.54, 1.807) is 25.7 Å². The number of rotatable bonds is 15. The maximum atomic E-state index is 14.2. The molecule has 1 rings (SSSR count). The first-order chi connectivity index (χ1) is 17.8. The van der Waals surface area contributed by atoms with Gasteiger partial charge in [-0.05, 0) is 58.9 Å². The Morgan fingerprint density at radius 2 is 1.50 bits per heavy atom. The topological polar surface area (TPSA) is 87.7 Å². The summed E-state index contributed by atoms with van der Waals surface area (Å²) < 4.78 is 5.46. The Morgan fingerprint density at radius 1 is 0.895 bits per heavy atom. The highest BCUT2D eigenvalue weighted by Gasteiger charge is 2.37. The van der Waals surface area contributed by atoms with Crippen LogP contribution in [0.2, 0.25) is 0 Å². The summed E-state index contributed by atoms with van der Waals surface area (Å²) in [6.07, 6.45) is 6.26. The van der Waals surface area contributed by atoms with Crippen molar-refractivity contribution in [1.29, 1.82) is 0 Å². The summed E-state index contributed by atoms with van der Waals surface area (Å²) in [5, 5.41) is 5.93. The molecule has 0 saturated heterocycles. The van der Waals surface area contributed by atoms with Gasteiger partial charge in [0.15, 0.2) is 0 Å². The lowest BCUT2D eigenvalue weighted by molar-refractivity contribution is -0.143. The molecule has 0 radical (unpaired) electrons. The molecule has 0 bridgehead atoms. The van der Waals surface area contributed by atoms with E-state index >= 15 is 0 Å². The van der Waals surface area contributed by atoms with Crippen molar-refractivity contribution in [3.8, 4) is 0 Å². The fourth-order valence-corrected chi connectivity index (χ4v) is 4.43. The molecule has 1 aromatic rings. The zero-order chi connectivity index (χ0) is 28.9. The third-order valence-electron chi connectivity index (χ3n) is 6.45. The Labute approximate surface area is 231 Å². The minimum Gasteiger partial charge on any atom is -0.444 e. The molecule has 38 heavy (non-hydrogen) atoms. The van der Waals surface area contributed by atoms with Gasteiger partial charge in [0, 0.05) is 12.6 Å². The van der Waals surface area contributed by atoms with Crippen LogP contribution < -0.4 is 10.6 Å². The number of benzene rings is 1. The molecule has 1 aromatic carbocycles. The van der Waals surface area contributed by atoms with E-state index in [-0.39, 0.29) is 23.8 Å². The van der Waals surface area contributed by atoms with E-state index in [2.05, 4.69) is 24.5 Å². The first-order valence-electron chi connectivity index (χ1n) is 14.5. The summed E-state index contributed by atoms with van der Waals surface area (Å²) in [7, 11) is 0. The van der Waals surface area contributed by atoms with Crippen LogP contribution in [0.3, 0.4) is 0 Å². The lowest BCUT2D eigenvalue weighted by Crippen LogP contribution is -2.55. The van der Waals surface area contributed by atoms with Crippen molar-refractivity contribution in [3.05, 3.63) is 35.4 Å². The average molecular weight is 532 g/mol. The molecule has 0 aromatic heterocycles. The van der Waals surface area contributed by atoms with Gasteiger partial charge >= 0.3 is 6.09 Å². The van der Waals surface area contributed by atoms with E-state index < -0.39 is 23.8 Å². The van der Waals surface area contributed by atoms with Gasteiger partial charge in [0.25, 0.3) is 0 Å². The fourth-order valence-electron chi connectivity index (χ4n) is 4.43. The highest BCUT2D eigenvalue weighted by molar-refractivity contribution is 5.92. The smallest absolute Gasteiger partial charge is 0.408 e. The number of nitrogens with one attached hydrogen (secondary N) is 2. The Morgan fingerprint density at radius 3 is 2.03 bits per heavy atom. The van der Waals surface area contributed by atoms with E-state index in [0.29, 0.717) is 6.54 Å². The highest BCUT2D eigenvalue weighted by Crippen LogP contribution is 2.26. The van der Waals surface area contributed by atoms with Gasteiger partial charge in [-0.15, -0.1) is 0 Å². The van der Waals surface area contributed by atoms with Crippen molar-refractivity contribution in [3.63, 3.8) is 0 Å². The van der Waals surface area contributed by atoms with Crippen LogP contribution in [-0.2, 0) is 14.3 Å². The van der Waals surface area contributed by atoms with Crippen LogP contribution in [0.15, 0.2) is 24.3 Å². The zero-order valence-corrected chi connectivity index (χ0v) is 25.4. The standard InChI is InChI=1S/C31H53N3O4/c1-10-12-13-14-15-21-34(29(36)26(22(3)4)33-30(37)38-31(7,8)9)27(25-19-17-23(5)18-20-25)28(35)32-24(6)16-11-2/h17-20,22,24,26-27H,10-16,21H2,1-9H3,(H,32,35)(H,33,37). The molecule has 216 valence electrons. The number of hydrogen-bond acceptors (Lipinski definition) is 4. The van der Waals surface area contributed by atoms with Crippen LogP contribution in [0.5, 0.6) is 0 Å². The molecule has 7 heteroatoms. The third kappa shape index (κ3) is 11.9. The molecular weight excluding hydrogens is 478 g/mol. The second kappa shape index (κ2) is 16.4. The van der Waals surface area contributed by atoms with E-state index in [0.717, 1.165) is 56.1 Å². The van der Waals surface area contributed by atoms with Crippen molar-refractivity contribution in [1.82, 2.24) is 15.5 Å². The van der Waals surface area contributed by atoms with Crippen molar-refractivity contribution in [2.75, 3.05) is 6.54 Å². The first-order valence-corrected chi connectivity index (χ1v) is 14.5. The van der Waals surface area contributed by atoms with E-state index in [4.69, 9.17) is 4.74 Å². The van der Waals surface area contributed by atoms with Crippen LogP contribution in [0, 0.1) is 12.8 Å². The molecule has 0 aliphatic carbocycles. The monoisotopic (exact) mass is 531 g/mol. The van der Waals surface area contributed by atoms with Crippen molar-refractivity contribution >= 4 is 17.9 Å². The minimum absolute atomic E-state index is 0.0114. The summed E-state index contributed by atoms with van der Waals surface area (Å²) in [6, 6.07) is 6.15. The lowest BCUT2D eigenvalue weighted by Gasteiger charge is -2.36. The van der Waals surface area contributed by atoms with Gasteiger partial charge in [0.05, 0.1) is 0 Å². The Hall–Kier alpha value is -2.57. The number of unbranched alkanes of at least 4 members (excludes halogenated alkanes) is 4. The number of carbonyl (C=O) groups excluding carboxylic acids is 3. The number of carbonyl (C=O) groups is 3. The number of nitrogens with zero attached hydrogens (tertiary/aromatic N) is 1. The number of ether oxygens (including phenoxy) is 1. The van der Waals surface area contributed by atoms with Gasteiger partial charge in [0.1, 0.15) is 17.7 Å². The second-order valence-corrected chi connectivity index (χ2v) is 11.8. The number of hydrogen-bond donors (Lipinski definition) is 2. The molecule has 3 amide bonds. The van der Waals surface area contributed by atoms with Crippen LogP contribution in [0.4, 0.5) is 4.79 Å². The van der Waals surface area contributed by atoms with E-state index in [1.807, 2.05) is 52.0 Å². The molecule has 3 unspecified atom stereocenters. The van der Waals surface area contributed by atoms with Crippen LogP contribution in [0.25, 0.3) is 0 Å². The Bertz CT molecular complexity index is 861. The normalized spacial score (nSPS) is 13.9. The molecule has 0 heterocycles. The number of alkyl carbamates (subject to hydrolysis) is 1. The summed E-state index contributed by atoms with van der Waals surface area (Å²) in [4.78, 5) is 42.3. The second-order valence-electron chi connectivity index (χ2n) is 11.8. The molecule has 0 fully saturated rings. The van der Waals surface area contributed by atoms with E-state index in [1.165, 1.54) is 0 Å². The molecule has 0 aliphatic heterocycles. The average Bonchev–Trinajstić information content (AvgIpc) is 2.81. The summed E-state index contributed by atoms with van der Waals surface area (Å²) in [5.74, 6) is -0.667. The van der Waals surface area contributed by atoms with Gasteiger partial charge in [0.2, 0.25) is 11.8 Å². The summed E-state index contributed by atoms with van der Waals surface area (Å²) in [6.45, 7) is 17.8. The van der Waals surface area contributed by atoms with Gasteiger partial charge in [-0.2, -0.15) is 0 Å². The van der Waals surface area contributed by atoms with Crippen molar-refractivity contribution in [2.24, 2.45) is 5.92 Å². The van der Waals surface area contributed by atoms with Crippen LogP contribution in [-0.4, -0.2) is 47.0 Å². The maximum absolute atomic E-state index is 14.2. The molecular formula is C31H53N3O4. The van der Waals surface area contributed by atoms with E-state index in [9.17, 15) is 14.4 Å². The Kier molecular flexibility index (Phi) is 14.4. The third-order valence-corrected chi connectivity index (χ3v) is 6.45. The summed E-state index contributed by atoms with van der Waals surface area (Å²) in [5.41, 5.74) is 1.16. The SMILES string of the molecule is CCCCCCCN(C(=O)C(NC(=O)OC(C)(C)C)C(C)C)C(C(=O)NC(C)CCC)c1ccc(C)cc1. The summed E-state index contributed by atoms with van der Waals surface area (Å²) >= 11 is 0. The molecule has 7 nitrogen and oxygen atoms in total. The van der Waals surface area contributed by atoms with Gasteiger partial charge in [-0.1, -0.05) is 89.6 Å². The molecule has 0 saturated carbocycles. The zero-order valence-electron chi connectivity index (χ0n) is 25.4. The van der Waals surface area contributed by atoms with Crippen LogP contribution in [0.1, 0.15) is 118 Å². The van der Waals surface area contributed by atoms with Crippen LogP contribution >= 0.6 is 0 Å². The predicted molar refractivity (Wildman–Crippen MR) is 155 cm³/mol. The number of amides is 3. The largest absolute Gasteiger partial charge is 0.444 e. The molecule has 0 aliphatic rings. The quantitative estimate of drug-likeness (QED) is 0.247. The van der Waals surface area contributed by atoms with Gasteiger partial charge in [-0.25, -0.2) is 4.79 Å². The minimum atomic E-state index is -0.825. The predicted octanol–water partition coefficient (Wildman–Crippen LogP) is 6.69. The molecule has 0 spiro atoms. The maximum Gasteiger partial charge on any atom is 0.408 e. The molecule has 3 atom stereocenters. The van der Waals surface area contributed by atoms with Crippen molar-refractivity contribution < 1.29 is 19.1 Å². The highest BCUT2D eigenvalue weighted by atomic mass is 16.6. The van der Waals surface area contributed by atoms with Gasteiger partial charge in [-0.3, -0.25) is 9.59 Å². The van der Waals surface area contributed by atoms with Crippen molar-refractivity contribution in [2.45, 2.75) is 131 Å². The van der Waals surface area contributed by atoms with Gasteiger partial charge < -0.3 is 20.3 Å². The lowest BCUT2D eigenvalue weighted by atomic mass is 9.97. The molecule has 2 N–H and O–H groups in total. The first kappa shape index (κ1) is 33.5. The fraction of sp³-hybridized carbons (Fsp3) is 0.710. The Balaban J connectivity index is 3.43.